The van der Waals surface area contributed by atoms with Crippen LogP contribution in [0.5, 0.6) is 0 Å². The van der Waals surface area contributed by atoms with Gasteiger partial charge in [-0.3, -0.25) is 0 Å². The first kappa shape index (κ1) is 15.8. The summed E-state index contributed by atoms with van der Waals surface area (Å²) < 4.78 is 30.2. The predicted molar refractivity (Wildman–Crippen MR) is 88.1 cm³/mol. The average Bonchev–Trinajstić information content (AvgIpc) is 2.61. The molecule has 0 bridgehead atoms. The standard InChI is InChI=1S/C16H14ClNO4S/c1-9-6-11(16(19)22-2)7-13-14(9)18-15-10(8-23(13,20)21)4-3-5-12(15)17/h3-7,18H,8H2,1-2H3. The van der Waals surface area contributed by atoms with E-state index in [1.807, 2.05) is 0 Å². The normalized spacial score (nSPS) is 14.9. The van der Waals surface area contributed by atoms with Crippen molar-refractivity contribution in [1.82, 2.24) is 0 Å². The molecule has 0 unspecified atom stereocenters. The van der Waals surface area contributed by atoms with Crippen LogP contribution >= 0.6 is 11.6 Å². The molecule has 5 nitrogen and oxygen atoms in total. The quantitative estimate of drug-likeness (QED) is 0.796. The maximum absolute atomic E-state index is 12.7. The first-order chi connectivity index (χ1) is 10.8. The van der Waals surface area contributed by atoms with Crippen LogP contribution in [0.4, 0.5) is 11.4 Å². The summed E-state index contributed by atoms with van der Waals surface area (Å²) in [6, 6.07) is 8.06. The number of sulfone groups is 1. The second-order valence-electron chi connectivity index (χ2n) is 5.32. The van der Waals surface area contributed by atoms with E-state index in [4.69, 9.17) is 11.6 Å². The molecule has 0 radical (unpaired) electrons. The van der Waals surface area contributed by atoms with Gasteiger partial charge in [-0.15, -0.1) is 0 Å². The van der Waals surface area contributed by atoms with E-state index in [9.17, 15) is 13.2 Å². The third kappa shape index (κ3) is 2.68. The molecule has 1 aliphatic rings. The lowest BCUT2D eigenvalue weighted by Crippen LogP contribution is -2.09. The van der Waals surface area contributed by atoms with Crippen molar-refractivity contribution < 1.29 is 17.9 Å². The third-order valence-electron chi connectivity index (χ3n) is 3.75. The van der Waals surface area contributed by atoms with E-state index < -0.39 is 15.8 Å². The van der Waals surface area contributed by atoms with E-state index in [2.05, 4.69) is 10.1 Å². The fraction of sp³-hybridized carbons (Fsp3) is 0.188. The minimum absolute atomic E-state index is 0.0742. The first-order valence-corrected chi connectivity index (χ1v) is 8.86. The smallest absolute Gasteiger partial charge is 0.337 e. The number of ether oxygens (including phenoxy) is 1. The summed E-state index contributed by atoms with van der Waals surface area (Å²) in [5.41, 5.74) is 2.42. The van der Waals surface area contributed by atoms with Gasteiger partial charge in [0.1, 0.15) is 0 Å². The van der Waals surface area contributed by atoms with Gasteiger partial charge >= 0.3 is 5.97 Å². The minimum atomic E-state index is -3.62. The highest BCUT2D eigenvalue weighted by molar-refractivity contribution is 7.90. The first-order valence-electron chi connectivity index (χ1n) is 6.83. The Morgan fingerprint density at radius 2 is 2.00 bits per heavy atom. The van der Waals surface area contributed by atoms with Gasteiger partial charge in [0.15, 0.2) is 9.84 Å². The van der Waals surface area contributed by atoms with Crippen molar-refractivity contribution in [3.63, 3.8) is 0 Å². The lowest BCUT2D eigenvalue weighted by Gasteiger charge is -2.14. The van der Waals surface area contributed by atoms with Gasteiger partial charge in [0.25, 0.3) is 0 Å². The lowest BCUT2D eigenvalue weighted by molar-refractivity contribution is 0.0600. The van der Waals surface area contributed by atoms with Gasteiger partial charge in [0.2, 0.25) is 0 Å². The molecule has 1 N–H and O–H groups in total. The number of fused-ring (bicyclic) bond motifs is 2. The summed E-state index contributed by atoms with van der Waals surface area (Å²) in [7, 11) is -2.37. The Hall–Kier alpha value is -2.05. The number of carbonyl (C=O) groups is 1. The molecule has 0 atom stereocenters. The molecule has 2 aromatic rings. The number of benzene rings is 2. The second kappa shape index (κ2) is 5.54. The van der Waals surface area contributed by atoms with Crippen molar-refractivity contribution in [1.29, 1.82) is 0 Å². The zero-order valence-electron chi connectivity index (χ0n) is 12.5. The molecular formula is C16H14ClNO4S. The van der Waals surface area contributed by atoms with E-state index >= 15 is 0 Å². The number of anilines is 2. The second-order valence-corrected chi connectivity index (χ2v) is 7.68. The maximum Gasteiger partial charge on any atom is 0.337 e. The summed E-state index contributed by atoms with van der Waals surface area (Å²) >= 11 is 6.20. The van der Waals surface area contributed by atoms with Crippen molar-refractivity contribution >= 4 is 38.8 Å². The summed E-state index contributed by atoms with van der Waals surface area (Å²) in [6.07, 6.45) is 0. The van der Waals surface area contributed by atoms with E-state index in [1.165, 1.54) is 13.2 Å². The summed E-state index contributed by atoms with van der Waals surface area (Å²) in [5.74, 6) is -0.765. The van der Waals surface area contributed by atoms with Gasteiger partial charge in [-0.1, -0.05) is 23.7 Å². The zero-order valence-corrected chi connectivity index (χ0v) is 14.1. The largest absolute Gasteiger partial charge is 0.465 e. The highest BCUT2D eigenvalue weighted by Gasteiger charge is 2.28. The number of aryl methyl sites for hydroxylation is 1. The highest BCUT2D eigenvalue weighted by Crippen LogP contribution is 2.40. The Kier molecular flexibility index (Phi) is 3.82. The van der Waals surface area contributed by atoms with Crippen LogP contribution in [-0.4, -0.2) is 21.5 Å². The van der Waals surface area contributed by atoms with Crippen molar-refractivity contribution in [2.24, 2.45) is 0 Å². The molecule has 0 saturated carbocycles. The fourth-order valence-electron chi connectivity index (χ4n) is 2.63. The number of hydrogen-bond acceptors (Lipinski definition) is 5. The Labute approximate surface area is 139 Å². The number of para-hydroxylation sites is 1. The summed E-state index contributed by atoms with van der Waals surface area (Å²) in [6.45, 7) is 1.73. The maximum atomic E-state index is 12.7. The van der Waals surface area contributed by atoms with Gasteiger partial charge in [-0.25, -0.2) is 13.2 Å². The van der Waals surface area contributed by atoms with Crippen LogP contribution < -0.4 is 5.32 Å². The van der Waals surface area contributed by atoms with Crippen molar-refractivity contribution in [3.05, 3.63) is 52.0 Å². The topological polar surface area (TPSA) is 72.5 Å². The number of esters is 1. The van der Waals surface area contributed by atoms with Crippen LogP contribution in [0.15, 0.2) is 35.2 Å². The molecule has 2 aromatic carbocycles. The molecule has 0 amide bonds. The third-order valence-corrected chi connectivity index (χ3v) is 5.75. The van der Waals surface area contributed by atoms with Gasteiger partial charge in [0, 0.05) is 0 Å². The Morgan fingerprint density at radius 3 is 2.70 bits per heavy atom. The van der Waals surface area contributed by atoms with Gasteiger partial charge in [-0.05, 0) is 36.2 Å². The molecule has 0 fully saturated rings. The molecule has 0 aromatic heterocycles. The highest BCUT2D eigenvalue weighted by atomic mass is 35.5. The van der Waals surface area contributed by atoms with Crippen LogP contribution in [0.25, 0.3) is 0 Å². The summed E-state index contributed by atoms with van der Waals surface area (Å²) in [5, 5.41) is 3.56. The van der Waals surface area contributed by atoms with E-state index in [0.29, 0.717) is 27.5 Å². The molecule has 1 aliphatic heterocycles. The van der Waals surface area contributed by atoms with E-state index in [1.54, 1.807) is 31.2 Å². The minimum Gasteiger partial charge on any atom is -0.465 e. The number of methoxy groups -OCH3 is 1. The number of halogens is 1. The molecule has 7 heteroatoms. The molecule has 120 valence electrons. The molecule has 0 saturated heterocycles. The number of hydrogen-bond donors (Lipinski definition) is 1. The monoisotopic (exact) mass is 351 g/mol. The Balaban J connectivity index is 2.29. The number of carbonyl (C=O) groups excluding carboxylic acids is 1. The zero-order chi connectivity index (χ0) is 16.8. The van der Waals surface area contributed by atoms with Crippen LogP contribution in [0.1, 0.15) is 21.5 Å². The van der Waals surface area contributed by atoms with Crippen LogP contribution in [0, 0.1) is 6.92 Å². The van der Waals surface area contributed by atoms with Gasteiger partial charge in [0.05, 0.1) is 39.7 Å². The van der Waals surface area contributed by atoms with E-state index in [0.717, 1.165) is 0 Å². The lowest BCUT2D eigenvalue weighted by atomic mass is 10.1. The van der Waals surface area contributed by atoms with Crippen LogP contribution in [0.3, 0.4) is 0 Å². The van der Waals surface area contributed by atoms with Crippen LogP contribution in [-0.2, 0) is 20.3 Å². The number of nitrogens with one attached hydrogen (secondary N) is 1. The molecular weight excluding hydrogens is 338 g/mol. The van der Waals surface area contributed by atoms with Gasteiger partial charge < -0.3 is 10.1 Å². The van der Waals surface area contributed by atoms with E-state index in [-0.39, 0.29) is 16.2 Å². The Morgan fingerprint density at radius 1 is 1.26 bits per heavy atom. The molecule has 1 heterocycles. The SMILES string of the molecule is COC(=O)c1cc(C)c2c(c1)S(=O)(=O)Cc1cccc(Cl)c1N2. The van der Waals surface area contributed by atoms with Crippen molar-refractivity contribution in [2.75, 3.05) is 12.4 Å². The van der Waals surface area contributed by atoms with Gasteiger partial charge in [-0.2, -0.15) is 0 Å². The van der Waals surface area contributed by atoms with Crippen LogP contribution in [0.2, 0.25) is 5.02 Å². The molecule has 23 heavy (non-hydrogen) atoms. The molecule has 0 aliphatic carbocycles. The molecule has 3 rings (SSSR count). The molecule has 0 spiro atoms. The fourth-order valence-corrected chi connectivity index (χ4v) is 4.51. The predicted octanol–water partition coefficient (Wildman–Crippen LogP) is 3.47. The van der Waals surface area contributed by atoms with Crippen molar-refractivity contribution in [3.8, 4) is 0 Å². The average molecular weight is 352 g/mol. The summed E-state index contributed by atoms with van der Waals surface area (Å²) in [4.78, 5) is 11.8. The van der Waals surface area contributed by atoms with Crippen molar-refractivity contribution in [2.45, 2.75) is 17.6 Å². The Bertz CT molecular complexity index is 922. The number of rotatable bonds is 1.